The van der Waals surface area contributed by atoms with Gasteiger partial charge in [0.05, 0.1) is 22.1 Å². The van der Waals surface area contributed by atoms with Crippen LogP contribution in [-0.4, -0.2) is 9.55 Å². The Morgan fingerprint density at radius 2 is 1.71 bits per heavy atom. The highest BCUT2D eigenvalue weighted by Gasteiger charge is 2.35. The monoisotopic (exact) mass is 326 g/mol. The maximum Gasteiger partial charge on any atom is 0.418 e. The van der Waals surface area contributed by atoms with E-state index in [9.17, 15) is 13.2 Å². The van der Waals surface area contributed by atoms with Gasteiger partial charge in [0.15, 0.2) is 0 Å². The van der Waals surface area contributed by atoms with E-state index in [1.54, 1.807) is 48.0 Å². The standard InChI is InChI=1S/C19H13F3N2/c1-12-10-14-17-16(8-5-9-23-17)24(13-6-3-2-4-7-13)18(14)15(11-12)19(20,21)22/h2-11H,1H3. The molecule has 0 aliphatic rings. The molecule has 2 heterocycles. The van der Waals surface area contributed by atoms with E-state index in [0.29, 0.717) is 27.7 Å². The van der Waals surface area contributed by atoms with Crippen molar-refractivity contribution in [2.24, 2.45) is 0 Å². The van der Waals surface area contributed by atoms with Crippen LogP contribution < -0.4 is 0 Å². The van der Waals surface area contributed by atoms with Crippen LogP contribution in [0.5, 0.6) is 0 Å². The lowest BCUT2D eigenvalue weighted by atomic mass is 10.1. The summed E-state index contributed by atoms with van der Waals surface area (Å²) >= 11 is 0. The van der Waals surface area contributed by atoms with Crippen LogP contribution in [0.15, 0.2) is 60.8 Å². The van der Waals surface area contributed by atoms with Crippen LogP contribution in [0.1, 0.15) is 11.1 Å². The van der Waals surface area contributed by atoms with Gasteiger partial charge in [0.25, 0.3) is 0 Å². The second kappa shape index (κ2) is 5.09. The van der Waals surface area contributed by atoms with Crippen molar-refractivity contribution in [1.29, 1.82) is 0 Å². The van der Waals surface area contributed by atoms with Crippen LogP contribution in [-0.2, 0) is 6.18 Å². The smallest absolute Gasteiger partial charge is 0.307 e. The van der Waals surface area contributed by atoms with E-state index in [-0.39, 0.29) is 5.52 Å². The van der Waals surface area contributed by atoms with Gasteiger partial charge >= 0.3 is 6.18 Å². The molecule has 0 unspecified atom stereocenters. The van der Waals surface area contributed by atoms with E-state index in [1.807, 2.05) is 18.2 Å². The summed E-state index contributed by atoms with van der Waals surface area (Å²) in [4.78, 5) is 4.33. The summed E-state index contributed by atoms with van der Waals surface area (Å²) in [5.41, 5.74) is 1.99. The highest BCUT2D eigenvalue weighted by molar-refractivity contribution is 6.08. The number of pyridine rings is 1. The Hall–Kier alpha value is -2.82. The molecule has 0 fully saturated rings. The summed E-state index contributed by atoms with van der Waals surface area (Å²) < 4.78 is 42.7. The van der Waals surface area contributed by atoms with E-state index in [4.69, 9.17) is 0 Å². The molecule has 0 bridgehead atoms. The van der Waals surface area contributed by atoms with Crippen LogP contribution in [0.2, 0.25) is 0 Å². The SMILES string of the molecule is Cc1cc(C(F)(F)F)c2c(c1)c1ncccc1n2-c1ccccc1. The van der Waals surface area contributed by atoms with Crippen molar-refractivity contribution in [3.05, 3.63) is 71.9 Å². The Morgan fingerprint density at radius 3 is 2.42 bits per heavy atom. The number of hydrogen-bond donors (Lipinski definition) is 0. The summed E-state index contributed by atoms with van der Waals surface area (Å²) in [7, 11) is 0. The first kappa shape index (κ1) is 14.8. The summed E-state index contributed by atoms with van der Waals surface area (Å²) in [5.74, 6) is 0. The minimum Gasteiger partial charge on any atom is -0.307 e. The zero-order valence-corrected chi connectivity index (χ0v) is 12.8. The molecular formula is C19H13F3N2. The predicted molar refractivity (Wildman–Crippen MR) is 88.3 cm³/mol. The van der Waals surface area contributed by atoms with Gasteiger partial charge in [-0.2, -0.15) is 13.2 Å². The van der Waals surface area contributed by atoms with Gasteiger partial charge in [0, 0.05) is 17.3 Å². The molecule has 0 aliphatic heterocycles. The van der Waals surface area contributed by atoms with Crippen molar-refractivity contribution < 1.29 is 13.2 Å². The number of alkyl halides is 3. The average molecular weight is 326 g/mol. The number of para-hydroxylation sites is 1. The number of hydrogen-bond acceptors (Lipinski definition) is 1. The van der Waals surface area contributed by atoms with Crippen molar-refractivity contribution in [1.82, 2.24) is 9.55 Å². The maximum absolute atomic E-state index is 13.7. The Bertz CT molecular complexity index is 1050. The summed E-state index contributed by atoms with van der Waals surface area (Å²) in [5, 5.41) is 0.516. The third kappa shape index (κ3) is 2.16. The third-order valence-corrected chi connectivity index (χ3v) is 4.08. The Morgan fingerprint density at radius 1 is 0.958 bits per heavy atom. The molecule has 2 nitrogen and oxygen atoms in total. The Balaban J connectivity index is 2.28. The molecule has 0 saturated heterocycles. The first-order valence-corrected chi connectivity index (χ1v) is 7.49. The number of nitrogens with zero attached hydrogens (tertiary/aromatic N) is 2. The van der Waals surface area contributed by atoms with E-state index >= 15 is 0 Å². The second-order valence-electron chi connectivity index (χ2n) is 5.75. The van der Waals surface area contributed by atoms with Gasteiger partial charge in [-0.25, -0.2) is 0 Å². The molecule has 0 aliphatic carbocycles. The van der Waals surface area contributed by atoms with Gasteiger partial charge in [-0.1, -0.05) is 18.2 Å². The molecule has 4 aromatic rings. The minimum absolute atomic E-state index is 0.146. The first-order chi connectivity index (χ1) is 11.5. The molecule has 0 spiro atoms. The molecule has 0 N–H and O–H groups in total. The molecule has 0 atom stereocenters. The lowest BCUT2D eigenvalue weighted by Gasteiger charge is -2.14. The van der Waals surface area contributed by atoms with Crippen LogP contribution in [0.25, 0.3) is 27.6 Å². The van der Waals surface area contributed by atoms with E-state index in [0.717, 1.165) is 0 Å². The van der Waals surface area contributed by atoms with Gasteiger partial charge in [-0.15, -0.1) is 0 Å². The van der Waals surface area contributed by atoms with Crippen molar-refractivity contribution in [2.75, 3.05) is 0 Å². The number of halogens is 3. The van der Waals surface area contributed by atoms with Crippen molar-refractivity contribution in [2.45, 2.75) is 13.1 Å². The van der Waals surface area contributed by atoms with Crippen molar-refractivity contribution >= 4 is 21.9 Å². The first-order valence-electron chi connectivity index (χ1n) is 7.49. The van der Waals surface area contributed by atoms with E-state index < -0.39 is 11.7 Å². The van der Waals surface area contributed by atoms with E-state index in [2.05, 4.69) is 4.98 Å². The molecule has 0 amide bonds. The quantitative estimate of drug-likeness (QED) is 0.451. The topological polar surface area (TPSA) is 17.8 Å². The molecule has 4 rings (SSSR count). The average Bonchev–Trinajstić information content (AvgIpc) is 2.88. The fourth-order valence-corrected chi connectivity index (χ4v) is 3.17. The van der Waals surface area contributed by atoms with Gasteiger partial charge in [0.1, 0.15) is 0 Å². The fraction of sp³-hybridized carbons (Fsp3) is 0.105. The lowest BCUT2D eigenvalue weighted by Crippen LogP contribution is -2.08. The summed E-state index contributed by atoms with van der Waals surface area (Å²) in [6.07, 6.45) is -2.84. The summed E-state index contributed by atoms with van der Waals surface area (Å²) in [6.45, 7) is 1.67. The third-order valence-electron chi connectivity index (χ3n) is 4.08. The second-order valence-corrected chi connectivity index (χ2v) is 5.75. The van der Waals surface area contributed by atoms with Gasteiger partial charge in [0.2, 0.25) is 0 Å². The normalized spacial score (nSPS) is 12.2. The van der Waals surface area contributed by atoms with Gasteiger partial charge in [-0.3, -0.25) is 4.98 Å². The van der Waals surface area contributed by atoms with Crippen LogP contribution in [0.4, 0.5) is 13.2 Å². The predicted octanol–water partition coefficient (Wildman–Crippen LogP) is 5.51. The Kier molecular flexibility index (Phi) is 3.13. The molecule has 2 aromatic carbocycles. The van der Waals surface area contributed by atoms with Crippen molar-refractivity contribution in [3.8, 4) is 5.69 Å². The molecule has 0 saturated carbocycles. The highest BCUT2D eigenvalue weighted by atomic mass is 19.4. The fourth-order valence-electron chi connectivity index (χ4n) is 3.17. The number of fused-ring (bicyclic) bond motifs is 3. The number of rotatable bonds is 1. The van der Waals surface area contributed by atoms with Crippen LogP contribution in [0, 0.1) is 6.92 Å². The van der Waals surface area contributed by atoms with Crippen LogP contribution in [0.3, 0.4) is 0 Å². The largest absolute Gasteiger partial charge is 0.418 e. The molecule has 120 valence electrons. The van der Waals surface area contributed by atoms with Crippen molar-refractivity contribution in [3.63, 3.8) is 0 Å². The zero-order chi connectivity index (χ0) is 16.9. The van der Waals surface area contributed by atoms with Gasteiger partial charge < -0.3 is 4.57 Å². The van der Waals surface area contributed by atoms with Gasteiger partial charge in [-0.05, 0) is 48.9 Å². The molecule has 0 radical (unpaired) electrons. The maximum atomic E-state index is 13.7. The molecular weight excluding hydrogens is 313 g/mol. The number of aryl methyl sites for hydroxylation is 1. The summed E-state index contributed by atoms with van der Waals surface area (Å²) in [6, 6.07) is 15.5. The van der Waals surface area contributed by atoms with E-state index in [1.165, 1.54) is 6.07 Å². The molecule has 5 heteroatoms. The Labute approximate surface area is 136 Å². The zero-order valence-electron chi connectivity index (χ0n) is 12.8. The minimum atomic E-state index is -4.44. The number of benzene rings is 2. The molecule has 2 aromatic heterocycles. The lowest BCUT2D eigenvalue weighted by molar-refractivity contribution is -0.136. The highest BCUT2D eigenvalue weighted by Crippen LogP contribution is 2.40. The molecule has 24 heavy (non-hydrogen) atoms. The number of aromatic nitrogens is 2. The van der Waals surface area contributed by atoms with Crippen LogP contribution >= 0.6 is 0 Å².